The lowest BCUT2D eigenvalue weighted by atomic mass is 9.94. The summed E-state index contributed by atoms with van der Waals surface area (Å²) in [5, 5.41) is 0.277. The predicted octanol–water partition coefficient (Wildman–Crippen LogP) is 3.56. The summed E-state index contributed by atoms with van der Waals surface area (Å²) in [6.07, 6.45) is 8.52. The van der Waals surface area contributed by atoms with Crippen molar-refractivity contribution in [2.75, 3.05) is 11.9 Å². The summed E-state index contributed by atoms with van der Waals surface area (Å²) in [5.41, 5.74) is 2.75. The molecule has 0 amide bonds. The molecule has 1 aromatic heterocycles. The van der Waals surface area contributed by atoms with Crippen LogP contribution in [0.25, 0.3) is 0 Å². The normalized spacial score (nSPS) is 27.0. The van der Waals surface area contributed by atoms with Gasteiger partial charge in [-0.05, 0) is 43.7 Å². The number of fused-ring (bicyclic) bond motifs is 1. The maximum Gasteiger partial charge on any atom is 0.128 e. The Morgan fingerprint density at radius 1 is 1.17 bits per heavy atom. The first-order valence-electron chi connectivity index (χ1n) is 7.11. The molecule has 18 heavy (non-hydrogen) atoms. The third-order valence-electron chi connectivity index (χ3n) is 4.42. The van der Waals surface area contributed by atoms with Gasteiger partial charge in [0.1, 0.15) is 5.82 Å². The lowest BCUT2D eigenvalue weighted by molar-refractivity contribution is 0.432. The number of pyridine rings is 1. The molecule has 98 valence electrons. The van der Waals surface area contributed by atoms with Crippen LogP contribution in [0, 0.1) is 0 Å². The second kappa shape index (κ2) is 5.08. The Morgan fingerprint density at radius 3 is 2.83 bits per heavy atom. The summed E-state index contributed by atoms with van der Waals surface area (Å²) >= 11 is 6.48. The van der Waals surface area contributed by atoms with Crippen LogP contribution in [0.4, 0.5) is 5.82 Å². The zero-order chi connectivity index (χ0) is 12.5. The molecule has 1 heterocycles. The van der Waals surface area contributed by atoms with Crippen molar-refractivity contribution in [2.24, 2.45) is 0 Å². The first-order chi connectivity index (χ1) is 8.75. The fraction of sp³-hybridized carbons (Fsp3) is 0.667. The number of anilines is 1. The van der Waals surface area contributed by atoms with Gasteiger partial charge in [0.25, 0.3) is 0 Å². The van der Waals surface area contributed by atoms with E-state index in [2.05, 4.69) is 24.1 Å². The van der Waals surface area contributed by atoms with E-state index in [4.69, 9.17) is 16.6 Å². The van der Waals surface area contributed by atoms with Crippen molar-refractivity contribution >= 4 is 17.4 Å². The molecule has 0 bridgehead atoms. The number of aryl methyl sites for hydroxylation is 2. The highest BCUT2D eigenvalue weighted by molar-refractivity contribution is 6.21. The van der Waals surface area contributed by atoms with E-state index in [9.17, 15) is 0 Å². The number of halogens is 1. The molecular weight excluding hydrogens is 244 g/mol. The summed E-state index contributed by atoms with van der Waals surface area (Å²) in [5.74, 6) is 1.10. The molecule has 1 fully saturated rings. The van der Waals surface area contributed by atoms with Gasteiger partial charge in [-0.2, -0.15) is 0 Å². The van der Waals surface area contributed by atoms with Crippen LogP contribution in [-0.4, -0.2) is 23.5 Å². The summed E-state index contributed by atoms with van der Waals surface area (Å²) in [7, 11) is 2.15. The summed E-state index contributed by atoms with van der Waals surface area (Å²) in [6.45, 7) is 0. The van der Waals surface area contributed by atoms with Crippen LogP contribution in [0.1, 0.15) is 43.4 Å². The number of aromatic nitrogens is 1. The monoisotopic (exact) mass is 264 g/mol. The van der Waals surface area contributed by atoms with Crippen LogP contribution < -0.4 is 4.90 Å². The molecule has 3 rings (SSSR count). The van der Waals surface area contributed by atoms with E-state index >= 15 is 0 Å². The van der Waals surface area contributed by atoms with Crippen LogP contribution in [-0.2, 0) is 12.8 Å². The third-order valence-corrected chi connectivity index (χ3v) is 4.93. The minimum Gasteiger partial charge on any atom is -0.355 e. The molecule has 2 nitrogen and oxygen atoms in total. The molecular formula is C15H21ClN2. The molecule has 2 aliphatic rings. The number of hydrogen-bond donors (Lipinski definition) is 0. The number of hydrogen-bond acceptors (Lipinski definition) is 2. The Hall–Kier alpha value is -0.760. The number of alkyl halides is 1. The van der Waals surface area contributed by atoms with Crippen molar-refractivity contribution in [1.82, 2.24) is 4.98 Å². The summed E-state index contributed by atoms with van der Waals surface area (Å²) < 4.78 is 0. The van der Waals surface area contributed by atoms with E-state index < -0.39 is 0 Å². The van der Waals surface area contributed by atoms with Gasteiger partial charge in [0, 0.05) is 18.8 Å². The van der Waals surface area contributed by atoms with Crippen LogP contribution in [0.3, 0.4) is 0 Å². The molecule has 3 heteroatoms. The fourth-order valence-electron chi connectivity index (χ4n) is 3.28. The third kappa shape index (κ3) is 2.23. The molecule has 0 aromatic carbocycles. The highest BCUT2D eigenvalue weighted by atomic mass is 35.5. The van der Waals surface area contributed by atoms with Gasteiger partial charge in [-0.25, -0.2) is 4.98 Å². The topological polar surface area (TPSA) is 16.1 Å². The minimum absolute atomic E-state index is 0.277. The fourth-order valence-corrected chi connectivity index (χ4v) is 3.73. The molecule has 1 saturated carbocycles. The standard InChI is InChI=1S/C15H21ClN2/c1-18(14-8-3-2-6-12(14)16)15-10-9-11-5-4-7-13(11)17-15/h9-10,12,14H,2-8H2,1H3. The second-order valence-corrected chi connectivity index (χ2v) is 6.17. The van der Waals surface area contributed by atoms with Crippen LogP contribution in [0.2, 0.25) is 0 Å². The van der Waals surface area contributed by atoms with Gasteiger partial charge in [0.15, 0.2) is 0 Å². The summed E-state index contributed by atoms with van der Waals surface area (Å²) in [6, 6.07) is 4.88. The van der Waals surface area contributed by atoms with Crippen LogP contribution in [0.15, 0.2) is 12.1 Å². The Labute approximate surface area is 114 Å². The van der Waals surface area contributed by atoms with E-state index in [-0.39, 0.29) is 5.38 Å². The maximum atomic E-state index is 6.48. The van der Waals surface area contributed by atoms with Crippen molar-refractivity contribution in [3.63, 3.8) is 0 Å². The predicted molar refractivity (Wildman–Crippen MR) is 76.6 cm³/mol. The Kier molecular flexibility index (Phi) is 3.47. The molecule has 0 radical (unpaired) electrons. The Balaban J connectivity index is 1.81. The quantitative estimate of drug-likeness (QED) is 0.760. The van der Waals surface area contributed by atoms with Gasteiger partial charge < -0.3 is 4.90 Å². The lowest BCUT2D eigenvalue weighted by Gasteiger charge is -2.35. The molecule has 2 unspecified atom stereocenters. The van der Waals surface area contributed by atoms with Crippen LogP contribution >= 0.6 is 11.6 Å². The molecule has 1 aromatic rings. The zero-order valence-electron chi connectivity index (χ0n) is 11.0. The molecule has 2 atom stereocenters. The average Bonchev–Trinajstić information content (AvgIpc) is 2.85. The Bertz CT molecular complexity index is 433. The molecule has 0 N–H and O–H groups in total. The minimum atomic E-state index is 0.277. The first kappa shape index (κ1) is 12.3. The Morgan fingerprint density at radius 2 is 2.00 bits per heavy atom. The van der Waals surface area contributed by atoms with Crippen LogP contribution in [0.5, 0.6) is 0 Å². The lowest BCUT2D eigenvalue weighted by Crippen LogP contribution is -2.41. The van der Waals surface area contributed by atoms with E-state index in [0.717, 1.165) is 18.7 Å². The van der Waals surface area contributed by atoms with Crippen molar-refractivity contribution in [2.45, 2.75) is 56.4 Å². The van der Waals surface area contributed by atoms with Gasteiger partial charge in [0.05, 0.1) is 5.38 Å². The van der Waals surface area contributed by atoms with Crippen molar-refractivity contribution < 1.29 is 0 Å². The molecule has 0 spiro atoms. The van der Waals surface area contributed by atoms with Gasteiger partial charge in [0.2, 0.25) is 0 Å². The average molecular weight is 265 g/mol. The van der Waals surface area contributed by atoms with E-state index in [1.165, 1.54) is 43.4 Å². The smallest absolute Gasteiger partial charge is 0.128 e. The van der Waals surface area contributed by atoms with Crippen molar-refractivity contribution in [1.29, 1.82) is 0 Å². The summed E-state index contributed by atoms with van der Waals surface area (Å²) in [4.78, 5) is 7.13. The zero-order valence-corrected chi connectivity index (χ0v) is 11.8. The maximum absolute atomic E-state index is 6.48. The van der Waals surface area contributed by atoms with Gasteiger partial charge in [-0.3, -0.25) is 0 Å². The second-order valence-electron chi connectivity index (χ2n) is 5.61. The molecule has 0 saturated heterocycles. The molecule has 0 aliphatic heterocycles. The highest BCUT2D eigenvalue weighted by Gasteiger charge is 2.27. The van der Waals surface area contributed by atoms with Gasteiger partial charge in [-0.1, -0.05) is 18.9 Å². The van der Waals surface area contributed by atoms with Crippen molar-refractivity contribution in [3.05, 3.63) is 23.4 Å². The number of rotatable bonds is 2. The highest BCUT2D eigenvalue weighted by Crippen LogP contribution is 2.30. The van der Waals surface area contributed by atoms with Gasteiger partial charge >= 0.3 is 0 Å². The first-order valence-corrected chi connectivity index (χ1v) is 7.55. The number of nitrogens with zero attached hydrogens (tertiary/aromatic N) is 2. The van der Waals surface area contributed by atoms with E-state index in [1.54, 1.807) is 0 Å². The largest absolute Gasteiger partial charge is 0.355 e. The SMILES string of the molecule is CN(c1ccc2c(n1)CCC2)C1CCCCC1Cl. The van der Waals surface area contributed by atoms with Gasteiger partial charge in [-0.15, -0.1) is 11.6 Å². The molecule has 2 aliphatic carbocycles. The van der Waals surface area contributed by atoms with Crippen molar-refractivity contribution in [3.8, 4) is 0 Å². The van der Waals surface area contributed by atoms with E-state index in [0.29, 0.717) is 6.04 Å². The van der Waals surface area contributed by atoms with E-state index in [1.807, 2.05) is 0 Å².